The summed E-state index contributed by atoms with van der Waals surface area (Å²) in [6.07, 6.45) is 0. The molecule has 1 saturated heterocycles. The summed E-state index contributed by atoms with van der Waals surface area (Å²) in [6.45, 7) is 4.43. The molecule has 1 aromatic rings. The molecule has 1 aliphatic heterocycles. The Bertz CT molecular complexity index is 338. The van der Waals surface area contributed by atoms with Crippen LogP contribution in [0.2, 0.25) is 0 Å². The lowest BCUT2D eigenvalue weighted by atomic mass is 10.1. The molecule has 1 aliphatic rings. The Morgan fingerprint density at radius 3 is 2.65 bits per heavy atom. The fourth-order valence-corrected chi connectivity index (χ4v) is 2.68. The van der Waals surface area contributed by atoms with Crippen molar-refractivity contribution in [2.75, 3.05) is 25.6 Å². The third kappa shape index (κ3) is 3.63. The van der Waals surface area contributed by atoms with Crippen molar-refractivity contribution in [1.82, 2.24) is 0 Å². The van der Waals surface area contributed by atoms with Gasteiger partial charge in [0.15, 0.2) is 0 Å². The average molecular weight is 253 g/mol. The van der Waals surface area contributed by atoms with Crippen LogP contribution in [0.1, 0.15) is 18.5 Å². The second kappa shape index (κ2) is 6.28. The zero-order chi connectivity index (χ0) is 12.1. The van der Waals surface area contributed by atoms with Gasteiger partial charge in [-0.2, -0.15) is 11.8 Å². The van der Waals surface area contributed by atoms with E-state index >= 15 is 0 Å². The summed E-state index contributed by atoms with van der Waals surface area (Å²) in [6, 6.07) is 8.16. The molecule has 0 radical (unpaired) electrons. The first kappa shape index (κ1) is 12.7. The van der Waals surface area contributed by atoms with Crippen LogP contribution in [-0.4, -0.2) is 30.8 Å². The van der Waals surface area contributed by atoms with Gasteiger partial charge in [-0.3, -0.25) is 0 Å². The van der Waals surface area contributed by atoms with E-state index in [-0.39, 0.29) is 6.04 Å². The summed E-state index contributed by atoms with van der Waals surface area (Å²) in [5.74, 6) is 1.85. The van der Waals surface area contributed by atoms with E-state index in [0.29, 0.717) is 11.9 Å². The normalized spacial score (nSPS) is 17.5. The molecule has 17 heavy (non-hydrogen) atoms. The van der Waals surface area contributed by atoms with Crippen LogP contribution >= 0.6 is 11.8 Å². The van der Waals surface area contributed by atoms with Gasteiger partial charge in [0.1, 0.15) is 5.75 Å². The largest absolute Gasteiger partial charge is 0.494 e. The van der Waals surface area contributed by atoms with Gasteiger partial charge in [0.2, 0.25) is 0 Å². The lowest BCUT2D eigenvalue weighted by Crippen LogP contribution is -2.31. The van der Waals surface area contributed by atoms with Gasteiger partial charge in [-0.25, -0.2) is 0 Å². The van der Waals surface area contributed by atoms with Crippen LogP contribution in [0.3, 0.4) is 0 Å². The van der Waals surface area contributed by atoms with Crippen molar-refractivity contribution in [3.63, 3.8) is 0 Å². The molecule has 0 saturated carbocycles. The Morgan fingerprint density at radius 1 is 1.41 bits per heavy atom. The second-order valence-electron chi connectivity index (χ2n) is 4.10. The van der Waals surface area contributed by atoms with Gasteiger partial charge in [-0.15, -0.1) is 0 Å². The van der Waals surface area contributed by atoms with Gasteiger partial charge in [0, 0.05) is 11.8 Å². The van der Waals surface area contributed by atoms with E-state index in [4.69, 9.17) is 15.2 Å². The molecule has 1 aromatic carbocycles. The highest BCUT2D eigenvalue weighted by molar-refractivity contribution is 8.00. The van der Waals surface area contributed by atoms with Crippen LogP contribution in [0.4, 0.5) is 0 Å². The first-order valence-corrected chi connectivity index (χ1v) is 7.02. The van der Waals surface area contributed by atoms with Gasteiger partial charge < -0.3 is 15.2 Å². The minimum absolute atomic E-state index is 0.0938. The quantitative estimate of drug-likeness (QED) is 0.844. The number of ether oxygens (including phenoxy) is 2. The number of hydrogen-bond donors (Lipinski definition) is 1. The molecule has 0 bridgehead atoms. The van der Waals surface area contributed by atoms with Crippen molar-refractivity contribution in [2.24, 2.45) is 5.73 Å². The summed E-state index contributed by atoms with van der Waals surface area (Å²) < 4.78 is 10.5. The second-order valence-corrected chi connectivity index (χ2v) is 5.43. The molecule has 0 aromatic heterocycles. The van der Waals surface area contributed by atoms with Crippen LogP contribution in [-0.2, 0) is 4.74 Å². The van der Waals surface area contributed by atoms with Gasteiger partial charge in [0.05, 0.1) is 25.1 Å². The molecule has 1 atom stereocenters. The third-order valence-corrected chi connectivity index (χ3v) is 4.03. The Balaban J connectivity index is 1.82. The number of rotatable bonds is 6. The third-order valence-electron chi connectivity index (χ3n) is 2.74. The monoisotopic (exact) mass is 253 g/mol. The molecule has 1 heterocycles. The maximum absolute atomic E-state index is 6.14. The predicted octanol–water partition coefficient (Wildman–Crippen LogP) is 2.22. The molecule has 0 aliphatic carbocycles. The lowest BCUT2D eigenvalue weighted by molar-refractivity contribution is 0.0455. The van der Waals surface area contributed by atoms with Crippen LogP contribution in [0.5, 0.6) is 5.75 Å². The Kier molecular flexibility index (Phi) is 4.71. The minimum atomic E-state index is 0.0938. The first-order chi connectivity index (χ1) is 8.29. The highest BCUT2D eigenvalue weighted by Gasteiger charge is 2.19. The van der Waals surface area contributed by atoms with Crippen LogP contribution in [0.15, 0.2) is 24.3 Å². The Labute approximate surface area is 107 Å². The van der Waals surface area contributed by atoms with Crippen LogP contribution < -0.4 is 10.5 Å². The molecule has 2 N–H and O–H groups in total. The SMILES string of the molecule is CCOc1ccc(C(N)CSC2COC2)cc1. The van der Waals surface area contributed by atoms with Crippen LogP contribution in [0, 0.1) is 0 Å². The van der Waals surface area contributed by atoms with Crippen molar-refractivity contribution < 1.29 is 9.47 Å². The lowest BCUT2D eigenvalue weighted by Gasteiger charge is -2.26. The van der Waals surface area contributed by atoms with Gasteiger partial charge in [0.25, 0.3) is 0 Å². The minimum Gasteiger partial charge on any atom is -0.494 e. The predicted molar refractivity (Wildman–Crippen MR) is 71.6 cm³/mol. The summed E-state index contributed by atoms with van der Waals surface area (Å²) in [4.78, 5) is 0. The van der Waals surface area contributed by atoms with Crippen molar-refractivity contribution >= 4 is 11.8 Å². The van der Waals surface area contributed by atoms with E-state index in [1.54, 1.807) is 0 Å². The van der Waals surface area contributed by atoms with E-state index in [0.717, 1.165) is 24.7 Å². The highest BCUT2D eigenvalue weighted by atomic mass is 32.2. The average Bonchev–Trinajstić information content (AvgIpc) is 2.28. The fourth-order valence-electron chi connectivity index (χ4n) is 1.62. The molecule has 4 heteroatoms. The number of thioether (sulfide) groups is 1. The smallest absolute Gasteiger partial charge is 0.119 e. The summed E-state index contributed by atoms with van der Waals surface area (Å²) in [5.41, 5.74) is 7.31. The molecular formula is C13H19NO2S. The van der Waals surface area contributed by atoms with Gasteiger partial charge in [-0.05, 0) is 24.6 Å². The van der Waals surface area contributed by atoms with E-state index in [2.05, 4.69) is 0 Å². The molecule has 94 valence electrons. The molecule has 1 fully saturated rings. The van der Waals surface area contributed by atoms with E-state index < -0.39 is 0 Å². The molecular weight excluding hydrogens is 234 g/mol. The summed E-state index contributed by atoms with van der Waals surface area (Å²) in [5, 5.41) is 0.642. The molecule has 3 nitrogen and oxygen atoms in total. The zero-order valence-electron chi connectivity index (χ0n) is 10.1. The number of hydrogen-bond acceptors (Lipinski definition) is 4. The topological polar surface area (TPSA) is 44.5 Å². The maximum atomic E-state index is 6.14. The van der Waals surface area contributed by atoms with Crippen molar-refractivity contribution in [2.45, 2.75) is 18.2 Å². The standard InChI is InChI=1S/C13H19NO2S/c1-2-16-11-5-3-10(4-6-11)13(14)9-17-12-7-15-8-12/h3-6,12-13H,2,7-9,14H2,1H3. The summed E-state index contributed by atoms with van der Waals surface area (Å²) >= 11 is 1.90. The Hall–Kier alpha value is -0.710. The first-order valence-electron chi connectivity index (χ1n) is 5.97. The van der Waals surface area contributed by atoms with Gasteiger partial charge in [-0.1, -0.05) is 12.1 Å². The molecule has 2 rings (SSSR count). The highest BCUT2D eigenvalue weighted by Crippen LogP contribution is 2.24. The number of benzene rings is 1. The Morgan fingerprint density at radius 2 is 2.12 bits per heavy atom. The van der Waals surface area contributed by atoms with E-state index in [9.17, 15) is 0 Å². The van der Waals surface area contributed by atoms with Crippen molar-refractivity contribution in [3.8, 4) is 5.75 Å². The maximum Gasteiger partial charge on any atom is 0.119 e. The van der Waals surface area contributed by atoms with E-state index in [1.165, 1.54) is 5.56 Å². The van der Waals surface area contributed by atoms with Gasteiger partial charge >= 0.3 is 0 Å². The zero-order valence-corrected chi connectivity index (χ0v) is 10.9. The fraction of sp³-hybridized carbons (Fsp3) is 0.538. The molecule has 0 spiro atoms. The number of nitrogens with two attached hydrogens (primary N) is 1. The van der Waals surface area contributed by atoms with Crippen LogP contribution in [0.25, 0.3) is 0 Å². The van der Waals surface area contributed by atoms with Crippen molar-refractivity contribution in [3.05, 3.63) is 29.8 Å². The molecule has 0 amide bonds. The van der Waals surface area contributed by atoms with E-state index in [1.807, 2.05) is 43.0 Å². The molecule has 1 unspecified atom stereocenters. The summed E-state index contributed by atoms with van der Waals surface area (Å²) in [7, 11) is 0. The van der Waals surface area contributed by atoms with Crippen molar-refractivity contribution in [1.29, 1.82) is 0 Å².